The van der Waals surface area contributed by atoms with Crippen molar-refractivity contribution in [2.24, 2.45) is 14.1 Å². The number of anilines is 1. The SMILES string of the molecule is Cn1cc(-n2nc(-c3ccc(Cl)cc3)cc(C(=O)Nc3nn(C)c4ncccc34)c2=O)cn1. The Morgan fingerprint density at radius 1 is 1.09 bits per heavy atom. The molecule has 164 valence electrons. The molecule has 4 heterocycles. The van der Waals surface area contributed by atoms with E-state index < -0.39 is 11.5 Å². The lowest BCUT2D eigenvalue weighted by Gasteiger charge is -2.10. The highest BCUT2D eigenvalue weighted by atomic mass is 35.5. The van der Waals surface area contributed by atoms with E-state index in [1.807, 2.05) is 0 Å². The Labute approximate surface area is 192 Å². The molecule has 0 saturated carbocycles. The molecular weight excluding hydrogens is 444 g/mol. The number of benzene rings is 1. The van der Waals surface area contributed by atoms with E-state index in [0.717, 1.165) is 4.68 Å². The summed E-state index contributed by atoms with van der Waals surface area (Å²) in [5.41, 5.74) is 1.47. The van der Waals surface area contributed by atoms with E-state index >= 15 is 0 Å². The summed E-state index contributed by atoms with van der Waals surface area (Å²) >= 11 is 6.01. The minimum Gasteiger partial charge on any atom is -0.304 e. The van der Waals surface area contributed by atoms with E-state index in [2.05, 4.69) is 25.6 Å². The molecule has 1 aromatic carbocycles. The van der Waals surface area contributed by atoms with Crippen LogP contribution in [0.25, 0.3) is 28.0 Å². The third-order valence-electron chi connectivity index (χ3n) is 5.06. The molecule has 0 atom stereocenters. The van der Waals surface area contributed by atoms with Gasteiger partial charge in [-0.1, -0.05) is 23.7 Å². The number of aromatic nitrogens is 7. The Hall–Kier alpha value is -4.31. The first-order valence-electron chi connectivity index (χ1n) is 9.89. The molecule has 0 radical (unpaired) electrons. The van der Waals surface area contributed by atoms with Crippen molar-refractivity contribution in [1.29, 1.82) is 0 Å². The van der Waals surface area contributed by atoms with E-state index in [4.69, 9.17) is 11.6 Å². The second-order valence-electron chi connectivity index (χ2n) is 7.34. The zero-order valence-corrected chi connectivity index (χ0v) is 18.4. The number of pyridine rings is 1. The van der Waals surface area contributed by atoms with Crippen LogP contribution < -0.4 is 10.9 Å². The summed E-state index contributed by atoms with van der Waals surface area (Å²) in [5, 5.41) is 16.9. The smallest absolute Gasteiger partial charge is 0.284 e. The molecule has 11 heteroatoms. The van der Waals surface area contributed by atoms with Crippen LogP contribution in [0.2, 0.25) is 5.02 Å². The van der Waals surface area contributed by atoms with Crippen LogP contribution >= 0.6 is 11.6 Å². The standard InChI is InChI=1S/C22H17ClN8O2/c1-29-12-15(11-25-29)31-22(33)17(10-18(27-31)13-5-7-14(23)8-6-13)21(32)26-19-16-4-3-9-24-20(16)30(2)28-19/h3-12H,1-2H3,(H,26,28,32). The van der Waals surface area contributed by atoms with E-state index in [9.17, 15) is 9.59 Å². The van der Waals surface area contributed by atoms with Crippen LogP contribution in [0.1, 0.15) is 10.4 Å². The molecule has 1 N–H and O–H groups in total. The Bertz CT molecular complexity index is 1570. The minimum absolute atomic E-state index is 0.0958. The number of hydrogen-bond acceptors (Lipinski definition) is 6. The summed E-state index contributed by atoms with van der Waals surface area (Å²) in [7, 11) is 3.46. The van der Waals surface area contributed by atoms with E-state index in [0.29, 0.717) is 38.8 Å². The summed E-state index contributed by atoms with van der Waals surface area (Å²) in [6.07, 6.45) is 4.78. The lowest BCUT2D eigenvalue weighted by atomic mass is 10.1. The fraction of sp³-hybridized carbons (Fsp3) is 0.0909. The Balaban J connectivity index is 1.63. The van der Waals surface area contributed by atoms with Crippen molar-refractivity contribution in [3.8, 4) is 16.9 Å². The van der Waals surface area contributed by atoms with E-state index in [1.54, 1.807) is 72.3 Å². The lowest BCUT2D eigenvalue weighted by Crippen LogP contribution is -2.30. The first kappa shape index (κ1) is 20.6. The molecule has 0 aliphatic heterocycles. The van der Waals surface area contributed by atoms with Crippen molar-refractivity contribution in [2.75, 3.05) is 5.32 Å². The van der Waals surface area contributed by atoms with E-state index in [-0.39, 0.29) is 5.56 Å². The first-order chi connectivity index (χ1) is 15.9. The number of hydrogen-bond donors (Lipinski definition) is 1. The summed E-state index contributed by atoms with van der Waals surface area (Å²) in [6, 6.07) is 12.0. The molecule has 5 aromatic rings. The molecule has 33 heavy (non-hydrogen) atoms. The maximum atomic E-state index is 13.3. The molecule has 10 nitrogen and oxygen atoms in total. The fourth-order valence-electron chi connectivity index (χ4n) is 3.47. The quantitative estimate of drug-likeness (QED) is 0.441. The van der Waals surface area contributed by atoms with Crippen molar-refractivity contribution < 1.29 is 4.79 Å². The topological polar surface area (TPSA) is 113 Å². The average molecular weight is 461 g/mol. The molecule has 0 bridgehead atoms. The van der Waals surface area contributed by atoms with Gasteiger partial charge in [-0.05, 0) is 30.3 Å². The predicted molar refractivity (Wildman–Crippen MR) is 124 cm³/mol. The number of rotatable bonds is 4. The Morgan fingerprint density at radius 3 is 2.61 bits per heavy atom. The molecule has 0 spiro atoms. The molecular formula is C22H17ClN8O2. The molecule has 5 rings (SSSR count). The van der Waals surface area contributed by atoms with Crippen LogP contribution in [-0.2, 0) is 14.1 Å². The lowest BCUT2D eigenvalue weighted by molar-refractivity contribution is 0.102. The van der Waals surface area contributed by atoms with E-state index in [1.165, 1.54) is 12.3 Å². The molecule has 1 amide bonds. The molecule has 0 aliphatic carbocycles. The maximum absolute atomic E-state index is 13.3. The zero-order chi connectivity index (χ0) is 23.1. The Morgan fingerprint density at radius 2 is 1.88 bits per heavy atom. The van der Waals surface area contributed by atoms with Gasteiger partial charge in [-0.25, -0.2) is 9.67 Å². The first-order valence-corrected chi connectivity index (χ1v) is 10.3. The molecule has 0 aliphatic rings. The summed E-state index contributed by atoms with van der Waals surface area (Å²) in [6.45, 7) is 0. The number of aryl methyl sites for hydroxylation is 2. The number of nitrogens with one attached hydrogen (secondary N) is 1. The van der Waals surface area contributed by atoms with Crippen LogP contribution in [0.4, 0.5) is 5.82 Å². The number of nitrogens with zero attached hydrogens (tertiary/aromatic N) is 7. The van der Waals surface area contributed by atoms with Gasteiger partial charge in [0.1, 0.15) is 11.3 Å². The maximum Gasteiger partial charge on any atom is 0.284 e. The third kappa shape index (κ3) is 3.76. The second kappa shape index (κ2) is 7.99. The summed E-state index contributed by atoms with van der Waals surface area (Å²) in [4.78, 5) is 30.8. The van der Waals surface area contributed by atoms with Gasteiger partial charge in [-0.15, -0.1) is 0 Å². The van der Waals surface area contributed by atoms with Gasteiger partial charge < -0.3 is 5.32 Å². The van der Waals surface area contributed by atoms with Crippen LogP contribution in [0.15, 0.2) is 65.8 Å². The zero-order valence-electron chi connectivity index (χ0n) is 17.6. The van der Waals surface area contributed by atoms with Gasteiger partial charge in [0.25, 0.3) is 11.5 Å². The number of amides is 1. The molecule has 0 unspecified atom stereocenters. The fourth-order valence-corrected chi connectivity index (χ4v) is 3.60. The summed E-state index contributed by atoms with van der Waals surface area (Å²) < 4.78 is 4.26. The van der Waals surface area contributed by atoms with Crippen molar-refractivity contribution in [2.45, 2.75) is 0 Å². The highest BCUT2D eigenvalue weighted by Gasteiger charge is 2.20. The van der Waals surface area contributed by atoms with Gasteiger partial charge in [0.2, 0.25) is 0 Å². The number of fused-ring (bicyclic) bond motifs is 1. The van der Waals surface area contributed by atoms with Gasteiger partial charge in [0, 0.05) is 30.9 Å². The highest BCUT2D eigenvalue weighted by Crippen LogP contribution is 2.22. The molecule has 0 fully saturated rings. The third-order valence-corrected chi connectivity index (χ3v) is 5.31. The van der Waals surface area contributed by atoms with Gasteiger partial charge in [-0.3, -0.25) is 14.3 Å². The van der Waals surface area contributed by atoms with Gasteiger partial charge in [0.15, 0.2) is 11.5 Å². The van der Waals surface area contributed by atoms with Gasteiger partial charge >= 0.3 is 0 Å². The molecule has 4 aromatic heterocycles. The number of carbonyl (C=O) groups excluding carboxylic acids is 1. The minimum atomic E-state index is -0.612. The van der Waals surface area contributed by atoms with Crippen LogP contribution in [0, 0.1) is 0 Å². The largest absolute Gasteiger partial charge is 0.304 e. The normalized spacial score (nSPS) is 11.1. The second-order valence-corrected chi connectivity index (χ2v) is 7.78. The monoisotopic (exact) mass is 460 g/mol. The Kier molecular flexibility index (Phi) is 4.98. The van der Waals surface area contributed by atoms with Gasteiger partial charge in [0.05, 0.1) is 23.5 Å². The van der Waals surface area contributed by atoms with Crippen LogP contribution in [0.5, 0.6) is 0 Å². The van der Waals surface area contributed by atoms with Crippen LogP contribution in [-0.4, -0.2) is 40.2 Å². The predicted octanol–water partition coefficient (Wildman–Crippen LogP) is 2.82. The average Bonchev–Trinajstić information content (AvgIpc) is 3.38. The van der Waals surface area contributed by atoms with Crippen molar-refractivity contribution in [3.63, 3.8) is 0 Å². The van der Waals surface area contributed by atoms with Crippen LogP contribution in [0.3, 0.4) is 0 Å². The van der Waals surface area contributed by atoms with Gasteiger partial charge in [-0.2, -0.15) is 20.0 Å². The van der Waals surface area contributed by atoms with Crippen molar-refractivity contribution >= 4 is 34.4 Å². The van der Waals surface area contributed by atoms with Crippen molar-refractivity contribution in [1.82, 2.24) is 34.3 Å². The van der Waals surface area contributed by atoms with Crippen molar-refractivity contribution in [3.05, 3.63) is 82.0 Å². The summed E-state index contributed by atoms with van der Waals surface area (Å²) in [5.74, 6) is -0.304. The highest BCUT2D eigenvalue weighted by molar-refractivity contribution is 6.30. The number of halogens is 1. The molecule has 0 saturated heterocycles. The number of carbonyl (C=O) groups is 1.